The van der Waals surface area contributed by atoms with Gasteiger partial charge >= 0.3 is 0 Å². The van der Waals surface area contributed by atoms with E-state index in [1.807, 2.05) is 6.07 Å². The predicted molar refractivity (Wildman–Crippen MR) is 66.1 cm³/mol. The van der Waals surface area contributed by atoms with Crippen LogP contribution in [0.3, 0.4) is 0 Å². The van der Waals surface area contributed by atoms with Crippen LogP contribution in [0.4, 0.5) is 0 Å². The van der Waals surface area contributed by atoms with Crippen molar-refractivity contribution in [3.8, 4) is 5.75 Å². The standard InChI is InChI=1S/C13H19ClO/c1-10-5-6-12(15-4)11(9-10)13(2,3)7-8-14/h5-6,9H,7-8H2,1-4H3. The van der Waals surface area contributed by atoms with Gasteiger partial charge in [0.1, 0.15) is 5.75 Å². The van der Waals surface area contributed by atoms with E-state index in [9.17, 15) is 0 Å². The largest absolute Gasteiger partial charge is 0.496 e. The first-order valence-electron chi connectivity index (χ1n) is 5.22. The quantitative estimate of drug-likeness (QED) is 0.708. The Labute approximate surface area is 97.4 Å². The summed E-state index contributed by atoms with van der Waals surface area (Å²) in [6.07, 6.45) is 0.953. The Kier molecular flexibility index (Phi) is 4.04. The molecule has 0 bridgehead atoms. The van der Waals surface area contributed by atoms with Gasteiger partial charge in [0.2, 0.25) is 0 Å². The average Bonchev–Trinajstić information content (AvgIpc) is 2.17. The number of benzene rings is 1. The van der Waals surface area contributed by atoms with Crippen molar-refractivity contribution in [3.05, 3.63) is 29.3 Å². The van der Waals surface area contributed by atoms with E-state index in [0.29, 0.717) is 5.88 Å². The zero-order chi connectivity index (χ0) is 11.5. The highest BCUT2D eigenvalue weighted by atomic mass is 35.5. The molecule has 0 fully saturated rings. The Balaban J connectivity index is 3.15. The predicted octanol–water partition coefficient (Wildman–Crippen LogP) is 3.91. The van der Waals surface area contributed by atoms with E-state index in [1.54, 1.807) is 7.11 Å². The van der Waals surface area contributed by atoms with Gasteiger partial charge in [-0.25, -0.2) is 0 Å². The monoisotopic (exact) mass is 226 g/mol. The molecule has 0 unspecified atom stereocenters. The van der Waals surface area contributed by atoms with Gasteiger partial charge in [-0.3, -0.25) is 0 Å². The van der Waals surface area contributed by atoms with Crippen LogP contribution in [-0.2, 0) is 5.41 Å². The van der Waals surface area contributed by atoms with Crippen molar-refractivity contribution in [2.75, 3.05) is 13.0 Å². The average molecular weight is 227 g/mol. The zero-order valence-electron chi connectivity index (χ0n) is 9.93. The van der Waals surface area contributed by atoms with Gasteiger partial charge in [-0.2, -0.15) is 0 Å². The molecule has 0 heterocycles. The van der Waals surface area contributed by atoms with Crippen LogP contribution in [0.2, 0.25) is 0 Å². The molecule has 0 radical (unpaired) electrons. The van der Waals surface area contributed by atoms with E-state index in [2.05, 4.69) is 32.9 Å². The lowest BCUT2D eigenvalue weighted by molar-refractivity contribution is 0.389. The summed E-state index contributed by atoms with van der Waals surface area (Å²) in [5.74, 6) is 1.63. The molecule has 0 aromatic heterocycles. The fraction of sp³-hybridized carbons (Fsp3) is 0.538. The topological polar surface area (TPSA) is 9.23 Å². The summed E-state index contributed by atoms with van der Waals surface area (Å²) < 4.78 is 5.39. The SMILES string of the molecule is COc1ccc(C)cc1C(C)(C)CCCl. The van der Waals surface area contributed by atoms with Gasteiger partial charge in [0.05, 0.1) is 7.11 Å². The third-order valence-corrected chi connectivity index (χ3v) is 2.99. The Morgan fingerprint density at radius 1 is 1.33 bits per heavy atom. The van der Waals surface area contributed by atoms with E-state index in [-0.39, 0.29) is 5.41 Å². The lowest BCUT2D eigenvalue weighted by Crippen LogP contribution is -2.19. The number of alkyl halides is 1. The first-order valence-corrected chi connectivity index (χ1v) is 5.76. The molecule has 0 amide bonds. The van der Waals surface area contributed by atoms with E-state index in [1.165, 1.54) is 11.1 Å². The molecule has 84 valence electrons. The molecule has 0 aliphatic rings. The number of aryl methyl sites for hydroxylation is 1. The summed E-state index contributed by atoms with van der Waals surface area (Å²) in [5.41, 5.74) is 2.57. The molecule has 0 aliphatic carbocycles. The van der Waals surface area contributed by atoms with Crippen molar-refractivity contribution in [2.24, 2.45) is 0 Å². The van der Waals surface area contributed by atoms with Crippen LogP contribution in [0, 0.1) is 6.92 Å². The lowest BCUT2D eigenvalue weighted by Gasteiger charge is -2.26. The minimum absolute atomic E-state index is 0.0686. The lowest BCUT2D eigenvalue weighted by atomic mass is 9.81. The molecular weight excluding hydrogens is 208 g/mol. The molecule has 2 heteroatoms. The molecule has 0 saturated heterocycles. The second-order valence-electron chi connectivity index (χ2n) is 4.53. The number of halogens is 1. The number of hydrogen-bond acceptors (Lipinski definition) is 1. The highest BCUT2D eigenvalue weighted by molar-refractivity contribution is 6.17. The van der Waals surface area contributed by atoms with Gasteiger partial charge in [0.25, 0.3) is 0 Å². The Hall–Kier alpha value is -0.690. The molecule has 0 N–H and O–H groups in total. The Morgan fingerprint density at radius 2 is 2.00 bits per heavy atom. The second-order valence-corrected chi connectivity index (χ2v) is 4.90. The fourth-order valence-corrected chi connectivity index (χ4v) is 2.19. The minimum Gasteiger partial charge on any atom is -0.496 e. The number of ether oxygens (including phenoxy) is 1. The fourth-order valence-electron chi connectivity index (χ4n) is 1.72. The number of hydrogen-bond donors (Lipinski definition) is 0. The van der Waals surface area contributed by atoms with E-state index >= 15 is 0 Å². The molecular formula is C13H19ClO. The highest BCUT2D eigenvalue weighted by Crippen LogP contribution is 2.35. The smallest absolute Gasteiger partial charge is 0.122 e. The molecule has 0 atom stereocenters. The van der Waals surface area contributed by atoms with Crippen molar-refractivity contribution in [3.63, 3.8) is 0 Å². The minimum atomic E-state index is 0.0686. The maximum absolute atomic E-state index is 5.83. The first kappa shape index (κ1) is 12.4. The molecule has 1 rings (SSSR count). The van der Waals surface area contributed by atoms with Crippen LogP contribution in [0.25, 0.3) is 0 Å². The van der Waals surface area contributed by atoms with Gasteiger partial charge in [-0.15, -0.1) is 11.6 Å². The van der Waals surface area contributed by atoms with E-state index in [4.69, 9.17) is 16.3 Å². The third-order valence-electron chi connectivity index (χ3n) is 2.80. The Bertz CT molecular complexity index is 331. The summed E-state index contributed by atoms with van der Waals surface area (Å²) in [4.78, 5) is 0. The van der Waals surface area contributed by atoms with E-state index < -0.39 is 0 Å². The molecule has 1 nitrogen and oxygen atoms in total. The zero-order valence-corrected chi connectivity index (χ0v) is 10.7. The maximum atomic E-state index is 5.83. The first-order chi connectivity index (χ1) is 7.01. The second kappa shape index (κ2) is 4.89. The molecule has 15 heavy (non-hydrogen) atoms. The highest BCUT2D eigenvalue weighted by Gasteiger charge is 2.23. The third kappa shape index (κ3) is 2.88. The summed E-state index contributed by atoms with van der Waals surface area (Å²) in [7, 11) is 1.71. The van der Waals surface area contributed by atoms with Crippen LogP contribution in [0.1, 0.15) is 31.4 Å². The molecule has 0 saturated carbocycles. The van der Waals surface area contributed by atoms with Crippen LogP contribution in [0.5, 0.6) is 5.75 Å². The van der Waals surface area contributed by atoms with Gasteiger partial charge in [0.15, 0.2) is 0 Å². The van der Waals surface area contributed by atoms with Crippen LogP contribution < -0.4 is 4.74 Å². The maximum Gasteiger partial charge on any atom is 0.122 e. The van der Waals surface area contributed by atoms with Crippen molar-refractivity contribution >= 4 is 11.6 Å². The normalized spacial score (nSPS) is 11.5. The van der Waals surface area contributed by atoms with Crippen molar-refractivity contribution < 1.29 is 4.74 Å². The van der Waals surface area contributed by atoms with Crippen molar-refractivity contribution in [2.45, 2.75) is 32.6 Å². The van der Waals surface area contributed by atoms with E-state index in [0.717, 1.165) is 12.2 Å². The van der Waals surface area contributed by atoms with Gasteiger partial charge in [-0.05, 0) is 24.8 Å². The molecule has 0 aliphatic heterocycles. The molecule has 0 spiro atoms. The van der Waals surface area contributed by atoms with Gasteiger partial charge < -0.3 is 4.74 Å². The van der Waals surface area contributed by atoms with Crippen molar-refractivity contribution in [1.82, 2.24) is 0 Å². The Morgan fingerprint density at radius 3 is 2.53 bits per heavy atom. The summed E-state index contributed by atoms with van der Waals surface area (Å²) in [6, 6.07) is 6.28. The summed E-state index contributed by atoms with van der Waals surface area (Å²) >= 11 is 5.83. The van der Waals surface area contributed by atoms with Gasteiger partial charge in [-0.1, -0.05) is 31.5 Å². The molecule has 1 aromatic carbocycles. The number of rotatable bonds is 4. The van der Waals surface area contributed by atoms with Crippen molar-refractivity contribution in [1.29, 1.82) is 0 Å². The van der Waals surface area contributed by atoms with Crippen LogP contribution in [0.15, 0.2) is 18.2 Å². The van der Waals surface area contributed by atoms with Gasteiger partial charge in [0, 0.05) is 11.4 Å². The number of methoxy groups -OCH3 is 1. The van der Waals surface area contributed by atoms with Crippen LogP contribution in [-0.4, -0.2) is 13.0 Å². The summed E-state index contributed by atoms with van der Waals surface area (Å²) in [5, 5.41) is 0. The van der Waals surface area contributed by atoms with Crippen LogP contribution >= 0.6 is 11.6 Å². The molecule has 1 aromatic rings. The summed E-state index contributed by atoms with van der Waals surface area (Å²) in [6.45, 7) is 6.50.